The summed E-state index contributed by atoms with van der Waals surface area (Å²) < 4.78 is 7.32. The van der Waals surface area contributed by atoms with Crippen LogP contribution in [0.2, 0.25) is 0 Å². The summed E-state index contributed by atoms with van der Waals surface area (Å²) in [6.07, 6.45) is 7.85. The monoisotopic (exact) mass is 318 g/mol. The van der Waals surface area contributed by atoms with Crippen molar-refractivity contribution in [2.75, 3.05) is 32.8 Å². The van der Waals surface area contributed by atoms with E-state index in [-0.39, 0.29) is 17.4 Å². The number of aromatic nitrogens is 2. The van der Waals surface area contributed by atoms with Crippen LogP contribution in [0.15, 0.2) is 12.4 Å². The first-order chi connectivity index (χ1) is 11.1. The van der Waals surface area contributed by atoms with Crippen molar-refractivity contribution in [1.82, 2.24) is 20.0 Å². The third-order valence-corrected chi connectivity index (χ3v) is 5.86. The summed E-state index contributed by atoms with van der Waals surface area (Å²) in [5.74, 6) is 1.15. The Morgan fingerprint density at radius 2 is 2.26 bits per heavy atom. The van der Waals surface area contributed by atoms with E-state index < -0.39 is 0 Å². The maximum absolute atomic E-state index is 12.1. The van der Waals surface area contributed by atoms with Gasteiger partial charge in [-0.25, -0.2) is 0 Å². The van der Waals surface area contributed by atoms with Crippen molar-refractivity contribution < 1.29 is 9.53 Å². The molecule has 2 atom stereocenters. The summed E-state index contributed by atoms with van der Waals surface area (Å²) >= 11 is 0. The van der Waals surface area contributed by atoms with Crippen molar-refractivity contribution in [3.8, 4) is 0 Å². The van der Waals surface area contributed by atoms with Crippen molar-refractivity contribution in [3.05, 3.63) is 18.0 Å². The molecule has 0 radical (unpaired) electrons. The molecule has 6 heteroatoms. The second-order valence-electron chi connectivity index (χ2n) is 7.44. The lowest BCUT2D eigenvalue weighted by Gasteiger charge is -2.43. The molecule has 3 saturated heterocycles. The predicted molar refractivity (Wildman–Crippen MR) is 86.0 cm³/mol. The lowest BCUT2D eigenvalue weighted by atomic mass is 9.75. The number of carbonyl (C=O) groups excluding carboxylic acids is 1. The number of nitrogens with one attached hydrogen (secondary N) is 1. The third-order valence-electron chi connectivity index (χ3n) is 5.86. The van der Waals surface area contributed by atoms with Gasteiger partial charge >= 0.3 is 0 Å². The average molecular weight is 318 g/mol. The van der Waals surface area contributed by atoms with Gasteiger partial charge in [0.25, 0.3) is 0 Å². The van der Waals surface area contributed by atoms with E-state index in [2.05, 4.69) is 21.5 Å². The standard InChI is InChI=1S/C17H26N4O2/c1-20-11-14(9-18-20)15-8-16(22)19-17(15)3-5-21(6-4-17)10-13-2-7-23-12-13/h9,11,13,15H,2-8,10,12H2,1H3,(H,19,22)/t13-,15+/m1/s1. The zero-order valence-corrected chi connectivity index (χ0v) is 13.8. The van der Waals surface area contributed by atoms with Gasteiger partial charge in [-0.15, -0.1) is 0 Å². The Bertz CT molecular complexity index is 571. The van der Waals surface area contributed by atoms with Crippen molar-refractivity contribution in [1.29, 1.82) is 0 Å². The summed E-state index contributed by atoms with van der Waals surface area (Å²) in [5, 5.41) is 7.61. The van der Waals surface area contributed by atoms with Crippen LogP contribution in [0, 0.1) is 5.92 Å². The minimum atomic E-state index is -0.0667. The van der Waals surface area contributed by atoms with Crippen LogP contribution in [0.25, 0.3) is 0 Å². The number of amides is 1. The molecule has 0 bridgehead atoms. The molecule has 1 N–H and O–H groups in total. The SMILES string of the molecule is Cn1cc([C@@H]2CC(=O)NC23CCN(C[C@H]2CCOC2)CC3)cn1. The smallest absolute Gasteiger partial charge is 0.221 e. The molecule has 3 fully saturated rings. The van der Waals surface area contributed by atoms with Crippen molar-refractivity contribution >= 4 is 5.91 Å². The quantitative estimate of drug-likeness (QED) is 0.899. The summed E-state index contributed by atoms with van der Waals surface area (Å²) in [6.45, 7) is 5.10. The predicted octanol–water partition coefficient (Wildman–Crippen LogP) is 0.895. The summed E-state index contributed by atoms with van der Waals surface area (Å²) in [5.41, 5.74) is 1.13. The second kappa shape index (κ2) is 5.91. The molecule has 4 rings (SSSR count). The largest absolute Gasteiger partial charge is 0.381 e. The van der Waals surface area contributed by atoms with Gasteiger partial charge in [0.1, 0.15) is 0 Å². The van der Waals surface area contributed by atoms with E-state index in [0.717, 1.165) is 45.7 Å². The third kappa shape index (κ3) is 2.90. The molecular formula is C17H26N4O2. The van der Waals surface area contributed by atoms with E-state index in [0.29, 0.717) is 12.3 Å². The highest BCUT2D eigenvalue weighted by molar-refractivity contribution is 5.81. The van der Waals surface area contributed by atoms with Gasteiger partial charge in [-0.2, -0.15) is 5.10 Å². The highest BCUT2D eigenvalue weighted by Gasteiger charge is 2.49. The Hall–Kier alpha value is -1.40. The number of aryl methyl sites for hydroxylation is 1. The van der Waals surface area contributed by atoms with E-state index in [1.807, 2.05) is 17.9 Å². The van der Waals surface area contributed by atoms with Gasteiger partial charge in [-0.3, -0.25) is 9.48 Å². The molecule has 0 aliphatic carbocycles. The first-order valence-electron chi connectivity index (χ1n) is 8.74. The molecule has 1 spiro atoms. The zero-order chi connectivity index (χ0) is 15.9. The molecule has 0 saturated carbocycles. The average Bonchev–Trinajstić information content (AvgIpc) is 3.24. The van der Waals surface area contributed by atoms with Crippen LogP contribution in [0.5, 0.6) is 0 Å². The van der Waals surface area contributed by atoms with Crippen LogP contribution in [0.3, 0.4) is 0 Å². The van der Waals surface area contributed by atoms with Crippen LogP contribution in [0.4, 0.5) is 0 Å². The van der Waals surface area contributed by atoms with E-state index >= 15 is 0 Å². The molecule has 0 aromatic carbocycles. The number of nitrogens with zero attached hydrogens (tertiary/aromatic N) is 3. The minimum Gasteiger partial charge on any atom is -0.381 e. The van der Waals surface area contributed by atoms with Gasteiger partial charge in [0.15, 0.2) is 0 Å². The fourth-order valence-electron chi connectivity index (χ4n) is 4.55. The first-order valence-corrected chi connectivity index (χ1v) is 8.74. The normalized spacial score (nSPS) is 30.9. The van der Waals surface area contributed by atoms with E-state index in [1.165, 1.54) is 12.0 Å². The molecule has 23 heavy (non-hydrogen) atoms. The Morgan fingerprint density at radius 1 is 1.43 bits per heavy atom. The number of likely N-dealkylation sites (tertiary alicyclic amines) is 1. The van der Waals surface area contributed by atoms with Crippen molar-refractivity contribution in [3.63, 3.8) is 0 Å². The number of rotatable bonds is 3. The molecule has 1 amide bonds. The molecule has 1 aromatic heterocycles. The minimum absolute atomic E-state index is 0.0667. The van der Waals surface area contributed by atoms with E-state index in [1.54, 1.807) is 0 Å². The number of ether oxygens (including phenoxy) is 1. The lowest BCUT2D eigenvalue weighted by Crippen LogP contribution is -2.54. The Balaban J connectivity index is 1.44. The van der Waals surface area contributed by atoms with Crippen LogP contribution in [0.1, 0.15) is 37.2 Å². The van der Waals surface area contributed by atoms with Gasteiger partial charge < -0.3 is 15.0 Å². The fraction of sp³-hybridized carbons (Fsp3) is 0.765. The molecule has 1 aromatic rings. The highest BCUT2D eigenvalue weighted by Crippen LogP contribution is 2.43. The molecule has 4 heterocycles. The Kier molecular flexibility index (Phi) is 3.89. The van der Waals surface area contributed by atoms with Crippen LogP contribution in [-0.2, 0) is 16.6 Å². The van der Waals surface area contributed by atoms with Gasteiger partial charge in [0, 0.05) is 57.4 Å². The summed E-state index contributed by atoms with van der Waals surface area (Å²) in [7, 11) is 1.94. The van der Waals surface area contributed by atoms with Crippen molar-refractivity contribution in [2.45, 2.75) is 37.1 Å². The van der Waals surface area contributed by atoms with Crippen LogP contribution >= 0.6 is 0 Å². The van der Waals surface area contributed by atoms with Gasteiger partial charge in [-0.05, 0) is 30.7 Å². The van der Waals surface area contributed by atoms with E-state index in [4.69, 9.17) is 4.74 Å². The topological polar surface area (TPSA) is 59.4 Å². The van der Waals surface area contributed by atoms with E-state index in [9.17, 15) is 4.79 Å². The maximum Gasteiger partial charge on any atom is 0.221 e. The Morgan fingerprint density at radius 3 is 2.91 bits per heavy atom. The maximum atomic E-state index is 12.1. The molecular weight excluding hydrogens is 292 g/mol. The number of piperidine rings is 1. The van der Waals surface area contributed by atoms with Crippen LogP contribution in [-0.4, -0.2) is 59.0 Å². The first kappa shape index (κ1) is 15.1. The van der Waals surface area contributed by atoms with Gasteiger partial charge in [0.2, 0.25) is 5.91 Å². The highest BCUT2D eigenvalue weighted by atomic mass is 16.5. The van der Waals surface area contributed by atoms with Gasteiger partial charge in [-0.1, -0.05) is 0 Å². The number of carbonyl (C=O) groups is 1. The summed E-state index contributed by atoms with van der Waals surface area (Å²) in [6, 6.07) is 0. The van der Waals surface area contributed by atoms with Crippen molar-refractivity contribution in [2.24, 2.45) is 13.0 Å². The molecule has 3 aliphatic heterocycles. The number of hydrogen-bond donors (Lipinski definition) is 1. The Labute approximate surface area is 137 Å². The molecule has 126 valence electrons. The zero-order valence-electron chi connectivity index (χ0n) is 13.8. The summed E-state index contributed by atoms with van der Waals surface area (Å²) in [4.78, 5) is 14.6. The van der Waals surface area contributed by atoms with Gasteiger partial charge in [0.05, 0.1) is 12.8 Å². The van der Waals surface area contributed by atoms with Crippen LogP contribution < -0.4 is 5.32 Å². The number of hydrogen-bond acceptors (Lipinski definition) is 4. The lowest BCUT2D eigenvalue weighted by molar-refractivity contribution is -0.120. The molecule has 6 nitrogen and oxygen atoms in total. The fourth-order valence-corrected chi connectivity index (χ4v) is 4.55. The molecule has 3 aliphatic rings. The molecule has 0 unspecified atom stereocenters. The second-order valence-corrected chi connectivity index (χ2v) is 7.44.